The highest BCUT2D eigenvalue weighted by atomic mass is 15.3. The average Bonchev–Trinajstić information content (AvgIpc) is 3.49. The number of fused-ring (bicyclic) bond motifs is 4. The first kappa shape index (κ1) is 20.0. The molecule has 0 saturated carbocycles. The van der Waals surface area contributed by atoms with Gasteiger partial charge in [0, 0.05) is 0 Å². The van der Waals surface area contributed by atoms with Crippen LogP contribution in [0.3, 0.4) is 0 Å². The number of rotatable bonds is 4. The van der Waals surface area contributed by atoms with Crippen molar-refractivity contribution in [1.29, 1.82) is 5.26 Å². The van der Waals surface area contributed by atoms with Gasteiger partial charge >= 0.3 is 0 Å². The molecule has 1 N–H and O–H groups in total. The van der Waals surface area contributed by atoms with E-state index in [1.165, 1.54) is 22.5 Å². The zero-order chi connectivity index (χ0) is 22.2. The predicted octanol–water partition coefficient (Wildman–Crippen LogP) is 3.27. The molecule has 5 nitrogen and oxygen atoms in total. The molecule has 0 atom stereocenters. The average molecular weight is 435 g/mol. The van der Waals surface area contributed by atoms with Crippen LogP contribution in [0.4, 0.5) is 5.82 Å². The van der Waals surface area contributed by atoms with Gasteiger partial charge in [0.2, 0.25) is 0 Å². The summed E-state index contributed by atoms with van der Waals surface area (Å²) in [5.41, 5.74) is 7.54. The minimum Gasteiger partial charge on any atom is -0.346 e. The predicted molar refractivity (Wildman–Crippen MR) is 133 cm³/mol. The second-order valence-electron chi connectivity index (χ2n) is 9.13. The van der Waals surface area contributed by atoms with Crippen molar-refractivity contribution in [3.63, 3.8) is 0 Å². The molecule has 1 aliphatic heterocycles. The lowest BCUT2D eigenvalue weighted by atomic mass is 10.0. The Morgan fingerprint density at radius 2 is 1.73 bits per heavy atom. The summed E-state index contributed by atoms with van der Waals surface area (Å²) in [5, 5.41) is 10.00. The monoisotopic (exact) mass is 434 g/mol. The zero-order valence-electron chi connectivity index (χ0n) is 18.8. The summed E-state index contributed by atoms with van der Waals surface area (Å²) in [7, 11) is 0. The first-order valence-electron chi connectivity index (χ1n) is 12.0. The summed E-state index contributed by atoms with van der Waals surface area (Å²) in [6, 6.07) is 21.3. The number of anilines is 1. The summed E-state index contributed by atoms with van der Waals surface area (Å²) < 4.78 is 2.28. The Bertz CT molecular complexity index is 1390. The lowest BCUT2D eigenvalue weighted by Gasteiger charge is -2.35. The fourth-order valence-electron chi connectivity index (χ4n) is 5.56. The number of nitriles is 1. The molecular weight excluding hydrogens is 406 g/mol. The first-order valence-corrected chi connectivity index (χ1v) is 12.0. The molecule has 1 fully saturated rings. The van der Waals surface area contributed by atoms with E-state index in [-0.39, 0.29) is 0 Å². The normalized spacial score (nSPS) is 16.6. The van der Waals surface area contributed by atoms with Crippen LogP contribution in [0.25, 0.3) is 22.8 Å². The Balaban J connectivity index is 1.31. The molecule has 3 heterocycles. The third-order valence-corrected chi connectivity index (χ3v) is 7.18. The number of hydrogen-bond donors (Lipinski definition) is 1. The van der Waals surface area contributed by atoms with E-state index >= 15 is 0 Å². The number of benzene rings is 2. The molecule has 33 heavy (non-hydrogen) atoms. The van der Waals surface area contributed by atoms with Gasteiger partial charge in [0.1, 0.15) is 11.9 Å². The molecular formula is C28H28N5+. The maximum absolute atomic E-state index is 10.00. The molecule has 2 aromatic carbocycles. The van der Waals surface area contributed by atoms with Gasteiger partial charge in [0.25, 0.3) is 0 Å². The third kappa shape index (κ3) is 3.48. The van der Waals surface area contributed by atoms with Crippen molar-refractivity contribution in [1.82, 2.24) is 9.38 Å². The van der Waals surface area contributed by atoms with E-state index in [0.717, 1.165) is 74.2 Å². The largest absolute Gasteiger partial charge is 0.346 e. The first-order chi connectivity index (χ1) is 16.3. The Kier molecular flexibility index (Phi) is 5.09. The van der Waals surface area contributed by atoms with E-state index in [9.17, 15) is 5.26 Å². The van der Waals surface area contributed by atoms with E-state index in [0.29, 0.717) is 0 Å². The minimum absolute atomic E-state index is 0.776. The van der Waals surface area contributed by atoms with Crippen LogP contribution in [-0.4, -0.2) is 42.1 Å². The maximum Gasteiger partial charge on any atom is 0.157 e. The zero-order valence-corrected chi connectivity index (χ0v) is 18.8. The van der Waals surface area contributed by atoms with E-state index < -0.39 is 0 Å². The van der Waals surface area contributed by atoms with Crippen LogP contribution >= 0.6 is 0 Å². The van der Waals surface area contributed by atoms with Crippen LogP contribution in [0.5, 0.6) is 0 Å². The number of hydrogen-bond acceptors (Lipinski definition) is 3. The van der Waals surface area contributed by atoms with Gasteiger partial charge in [-0.25, -0.2) is 4.98 Å². The number of aromatic nitrogens is 2. The minimum atomic E-state index is 0.776. The Morgan fingerprint density at radius 1 is 0.970 bits per heavy atom. The second kappa shape index (κ2) is 8.38. The van der Waals surface area contributed by atoms with E-state index in [1.807, 2.05) is 6.07 Å². The highest BCUT2D eigenvalue weighted by Crippen LogP contribution is 2.38. The van der Waals surface area contributed by atoms with Crippen molar-refractivity contribution in [3.8, 4) is 6.07 Å². The van der Waals surface area contributed by atoms with E-state index in [2.05, 4.69) is 76.1 Å². The van der Waals surface area contributed by atoms with Gasteiger partial charge in [0.15, 0.2) is 5.65 Å². The van der Waals surface area contributed by atoms with Gasteiger partial charge in [-0.05, 0) is 54.2 Å². The van der Waals surface area contributed by atoms with Crippen LogP contribution in [0, 0.1) is 11.3 Å². The molecule has 1 saturated heterocycles. The van der Waals surface area contributed by atoms with Gasteiger partial charge in [-0.1, -0.05) is 48.5 Å². The second-order valence-corrected chi connectivity index (χ2v) is 9.13. The number of pyridine rings is 1. The van der Waals surface area contributed by atoms with E-state index in [1.54, 1.807) is 4.90 Å². The molecule has 0 unspecified atom stereocenters. The highest BCUT2D eigenvalue weighted by Gasteiger charge is 2.30. The van der Waals surface area contributed by atoms with Gasteiger partial charge < -0.3 is 9.80 Å². The van der Waals surface area contributed by atoms with E-state index in [4.69, 9.17) is 4.98 Å². The van der Waals surface area contributed by atoms with Crippen LogP contribution in [0.15, 0.2) is 60.7 Å². The smallest absolute Gasteiger partial charge is 0.157 e. The molecule has 0 amide bonds. The number of piperazine rings is 1. The molecule has 5 heteroatoms. The van der Waals surface area contributed by atoms with Gasteiger partial charge in [-0.15, -0.1) is 0 Å². The van der Waals surface area contributed by atoms with Crippen molar-refractivity contribution < 1.29 is 4.90 Å². The van der Waals surface area contributed by atoms with Crippen LogP contribution in [0.1, 0.15) is 28.7 Å². The quantitative estimate of drug-likeness (QED) is 0.536. The fraction of sp³-hybridized carbons (Fsp3) is 0.286. The van der Waals surface area contributed by atoms with Crippen LogP contribution < -0.4 is 9.80 Å². The number of nitrogens with zero attached hydrogens (tertiary/aromatic N) is 4. The third-order valence-electron chi connectivity index (χ3n) is 7.18. The number of nitrogens with one attached hydrogen (secondary N) is 1. The lowest BCUT2D eigenvalue weighted by molar-refractivity contribution is -0.894. The summed E-state index contributed by atoms with van der Waals surface area (Å²) in [4.78, 5) is 9.08. The van der Waals surface area contributed by atoms with Gasteiger partial charge in [-0.2, -0.15) is 5.26 Å². The molecule has 1 aliphatic carbocycles. The Labute approximate surface area is 194 Å². The molecule has 6 rings (SSSR count). The molecule has 2 aromatic heterocycles. The fourth-order valence-corrected chi connectivity index (χ4v) is 5.56. The topological polar surface area (TPSA) is 48.8 Å². The van der Waals surface area contributed by atoms with Crippen molar-refractivity contribution in [2.45, 2.75) is 19.3 Å². The van der Waals surface area contributed by atoms with Crippen molar-refractivity contribution >= 4 is 28.6 Å². The Morgan fingerprint density at radius 3 is 2.55 bits per heavy atom. The summed E-state index contributed by atoms with van der Waals surface area (Å²) in [6.45, 7) is 5.32. The van der Waals surface area contributed by atoms with Crippen LogP contribution in [-0.2, 0) is 12.8 Å². The Hall–Kier alpha value is -3.62. The summed E-state index contributed by atoms with van der Waals surface area (Å²) in [6.07, 6.45) is 7.70. The van der Waals surface area contributed by atoms with Gasteiger partial charge in [-0.3, -0.25) is 4.40 Å². The molecule has 164 valence electrons. The van der Waals surface area contributed by atoms with Gasteiger partial charge in [0.05, 0.1) is 49.3 Å². The molecule has 2 aliphatic rings. The lowest BCUT2D eigenvalue weighted by Crippen LogP contribution is -3.14. The standard InChI is InChI=1S/C28H27N5/c29-20-24-22-11-6-12-23(22)28(33-26-14-5-4-13-25(26)30-27(24)33)32-18-16-31(17-19-32)15-7-10-21-8-2-1-3-9-21/h1-5,7-10,13-14H,6,11-12,15-19H2/p+1/b10-7+. The highest BCUT2D eigenvalue weighted by molar-refractivity contribution is 5.86. The van der Waals surface area contributed by atoms with Crippen molar-refractivity contribution in [3.05, 3.63) is 82.9 Å². The van der Waals surface area contributed by atoms with Crippen LogP contribution in [0.2, 0.25) is 0 Å². The number of quaternary nitrogens is 1. The maximum atomic E-state index is 10.00. The molecule has 0 radical (unpaired) electrons. The summed E-state index contributed by atoms with van der Waals surface area (Å²) >= 11 is 0. The van der Waals surface area contributed by atoms with Crippen molar-refractivity contribution in [2.75, 3.05) is 37.6 Å². The molecule has 0 spiro atoms. The molecule has 0 bridgehead atoms. The number of para-hydroxylation sites is 2. The number of imidazole rings is 1. The summed E-state index contributed by atoms with van der Waals surface area (Å²) in [5.74, 6) is 1.28. The van der Waals surface area contributed by atoms with Crippen molar-refractivity contribution in [2.24, 2.45) is 0 Å². The SMILES string of the molecule is N#Cc1c2c(c(N3CC[NH+](C/C=C/c4ccccc4)CC3)n3c1nc1ccccc13)CCC2. The molecule has 4 aromatic rings.